The van der Waals surface area contributed by atoms with Gasteiger partial charge >= 0.3 is 0 Å². The van der Waals surface area contributed by atoms with Gasteiger partial charge < -0.3 is 9.64 Å². The molecular weight excluding hydrogens is 174 g/mol. The highest BCUT2D eigenvalue weighted by Gasteiger charge is 2.51. The number of rotatable bonds is 0. The zero-order valence-electron chi connectivity index (χ0n) is 9.17. The second kappa shape index (κ2) is 3.21. The van der Waals surface area contributed by atoms with Crippen molar-refractivity contribution in [3.05, 3.63) is 0 Å². The lowest BCUT2D eigenvalue weighted by Gasteiger charge is -2.40. The molecule has 0 amide bonds. The molecule has 1 spiro atoms. The Labute approximate surface area is 86.6 Å². The van der Waals surface area contributed by atoms with E-state index in [0.29, 0.717) is 11.5 Å². The molecule has 1 saturated carbocycles. The Morgan fingerprint density at radius 3 is 2.79 bits per heavy atom. The van der Waals surface area contributed by atoms with Crippen LogP contribution in [0.25, 0.3) is 0 Å². The number of hydrogen-bond donors (Lipinski definition) is 0. The molecule has 0 aromatic rings. The van der Waals surface area contributed by atoms with Gasteiger partial charge in [0, 0.05) is 5.41 Å². The van der Waals surface area contributed by atoms with Gasteiger partial charge in [0.05, 0.1) is 12.7 Å². The summed E-state index contributed by atoms with van der Waals surface area (Å²) in [5.74, 6) is 0.913. The quantitative estimate of drug-likeness (QED) is 0.585. The zero-order valence-corrected chi connectivity index (χ0v) is 9.17. The minimum atomic E-state index is 0.591. The van der Waals surface area contributed by atoms with Crippen LogP contribution in [0, 0.1) is 11.3 Å². The van der Waals surface area contributed by atoms with Crippen LogP contribution in [0.1, 0.15) is 32.1 Å². The van der Waals surface area contributed by atoms with E-state index < -0.39 is 0 Å². The van der Waals surface area contributed by atoms with Crippen LogP contribution < -0.4 is 0 Å². The number of ether oxygens (including phenoxy) is 1. The molecule has 3 rings (SSSR count). The summed E-state index contributed by atoms with van der Waals surface area (Å²) >= 11 is 0. The van der Waals surface area contributed by atoms with Gasteiger partial charge in [0.25, 0.3) is 0 Å². The summed E-state index contributed by atoms with van der Waals surface area (Å²) in [4.78, 5) is 2.47. The average Bonchev–Trinajstić information content (AvgIpc) is 2.75. The number of hydrogen-bond acceptors (Lipinski definition) is 2. The molecule has 2 nitrogen and oxygen atoms in total. The molecule has 0 N–H and O–H groups in total. The lowest BCUT2D eigenvalue weighted by molar-refractivity contribution is 0.0626. The number of nitrogens with zero attached hydrogens (tertiary/aromatic N) is 1. The molecule has 0 bridgehead atoms. The van der Waals surface area contributed by atoms with E-state index in [2.05, 4.69) is 11.9 Å². The van der Waals surface area contributed by atoms with E-state index in [0.717, 1.165) is 12.5 Å². The topological polar surface area (TPSA) is 12.5 Å². The number of piperidine rings is 1. The van der Waals surface area contributed by atoms with Crippen molar-refractivity contribution >= 4 is 0 Å². The smallest absolute Gasteiger partial charge is 0.0609 e. The fraction of sp³-hybridized carbons (Fsp3) is 1.00. The predicted molar refractivity (Wildman–Crippen MR) is 56.2 cm³/mol. The van der Waals surface area contributed by atoms with Crippen LogP contribution in [0.5, 0.6) is 0 Å². The first kappa shape index (κ1) is 9.17. The van der Waals surface area contributed by atoms with E-state index in [1.54, 1.807) is 0 Å². The third-order valence-electron chi connectivity index (χ3n) is 4.81. The molecule has 2 heteroatoms. The third kappa shape index (κ3) is 1.24. The second-order valence-corrected chi connectivity index (χ2v) is 5.55. The van der Waals surface area contributed by atoms with Gasteiger partial charge in [0.1, 0.15) is 0 Å². The van der Waals surface area contributed by atoms with Crippen LogP contribution in [0.3, 0.4) is 0 Å². The summed E-state index contributed by atoms with van der Waals surface area (Å²) < 4.78 is 5.99. The fourth-order valence-electron chi connectivity index (χ4n) is 3.79. The molecule has 3 aliphatic rings. The molecule has 0 aromatic carbocycles. The van der Waals surface area contributed by atoms with Gasteiger partial charge in [-0.05, 0) is 51.7 Å². The standard InChI is InChI=1S/C12H21NO/c1-13-7-5-12(6-8-13)9-14-11-4-2-3-10(11)12/h10-11H,2-9H2,1H3. The number of fused-ring (bicyclic) bond motifs is 2. The van der Waals surface area contributed by atoms with E-state index in [4.69, 9.17) is 4.74 Å². The van der Waals surface area contributed by atoms with Crippen molar-refractivity contribution in [2.75, 3.05) is 26.7 Å². The van der Waals surface area contributed by atoms with Gasteiger partial charge in [-0.15, -0.1) is 0 Å². The van der Waals surface area contributed by atoms with Crippen LogP contribution in [0.4, 0.5) is 0 Å². The van der Waals surface area contributed by atoms with E-state index in [9.17, 15) is 0 Å². The Bertz CT molecular complexity index is 220. The van der Waals surface area contributed by atoms with Crippen LogP contribution in [0.2, 0.25) is 0 Å². The minimum Gasteiger partial charge on any atom is -0.377 e. The second-order valence-electron chi connectivity index (χ2n) is 5.55. The summed E-state index contributed by atoms with van der Waals surface area (Å²) in [7, 11) is 2.24. The Hall–Kier alpha value is -0.0800. The minimum absolute atomic E-state index is 0.591. The normalized spacial score (nSPS) is 41.8. The first-order chi connectivity index (χ1) is 6.80. The van der Waals surface area contributed by atoms with Crippen molar-refractivity contribution in [1.29, 1.82) is 0 Å². The lowest BCUT2D eigenvalue weighted by atomic mass is 9.69. The summed E-state index contributed by atoms with van der Waals surface area (Å²) in [5, 5.41) is 0. The van der Waals surface area contributed by atoms with Crippen LogP contribution in [0.15, 0.2) is 0 Å². The summed E-state index contributed by atoms with van der Waals surface area (Å²) in [6, 6.07) is 0. The van der Waals surface area contributed by atoms with Crippen LogP contribution in [-0.4, -0.2) is 37.7 Å². The highest BCUT2D eigenvalue weighted by Crippen LogP contribution is 2.52. The molecule has 14 heavy (non-hydrogen) atoms. The van der Waals surface area contributed by atoms with Crippen molar-refractivity contribution in [1.82, 2.24) is 4.90 Å². The summed E-state index contributed by atoms with van der Waals surface area (Å²) in [6.07, 6.45) is 7.58. The molecule has 0 aromatic heterocycles. The van der Waals surface area contributed by atoms with Crippen molar-refractivity contribution < 1.29 is 4.74 Å². The molecule has 3 fully saturated rings. The van der Waals surface area contributed by atoms with Gasteiger partial charge in [-0.25, -0.2) is 0 Å². The lowest BCUT2D eigenvalue weighted by Crippen LogP contribution is -2.42. The highest BCUT2D eigenvalue weighted by atomic mass is 16.5. The predicted octanol–water partition coefficient (Wildman–Crippen LogP) is 1.90. The summed E-state index contributed by atoms with van der Waals surface area (Å²) in [6.45, 7) is 3.63. The molecule has 2 heterocycles. The molecule has 2 saturated heterocycles. The van der Waals surface area contributed by atoms with Gasteiger partial charge in [-0.3, -0.25) is 0 Å². The van der Waals surface area contributed by atoms with Crippen molar-refractivity contribution in [3.63, 3.8) is 0 Å². The molecule has 80 valence electrons. The van der Waals surface area contributed by atoms with Gasteiger partial charge in [0.15, 0.2) is 0 Å². The Morgan fingerprint density at radius 1 is 1.21 bits per heavy atom. The first-order valence-corrected chi connectivity index (χ1v) is 6.10. The SMILES string of the molecule is CN1CCC2(CC1)COC1CCCC12. The maximum atomic E-state index is 5.99. The van der Waals surface area contributed by atoms with Gasteiger partial charge in [0.2, 0.25) is 0 Å². The average molecular weight is 195 g/mol. The highest BCUT2D eigenvalue weighted by molar-refractivity contribution is 5.00. The van der Waals surface area contributed by atoms with E-state index in [1.165, 1.54) is 45.2 Å². The largest absolute Gasteiger partial charge is 0.377 e. The molecule has 0 radical (unpaired) electrons. The molecule has 2 aliphatic heterocycles. The maximum absolute atomic E-state index is 5.99. The maximum Gasteiger partial charge on any atom is 0.0609 e. The van der Waals surface area contributed by atoms with Crippen molar-refractivity contribution in [2.45, 2.75) is 38.2 Å². The molecule has 2 atom stereocenters. The Kier molecular flexibility index (Phi) is 2.10. The first-order valence-electron chi connectivity index (χ1n) is 6.10. The molecular formula is C12H21NO. The Balaban J connectivity index is 1.77. The van der Waals surface area contributed by atoms with E-state index in [1.807, 2.05) is 0 Å². The van der Waals surface area contributed by atoms with Gasteiger partial charge in [-0.1, -0.05) is 6.42 Å². The molecule has 2 unspecified atom stereocenters. The van der Waals surface area contributed by atoms with Crippen LogP contribution >= 0.6 is 0 Å². The number of likely N-dealkylation sites (tertiary alicyclic amines) is 1. The van der Waals surface area contributed by atoms with Crippen molar-refractivity contribution in [2.24, 2.45) is 11.3 Å². The fourth-order valence-corrected chi connectivity index (χ4v) is 3.79. The van der Waals surface area contributed by atoms with E-state index in [-0.39, 0.29) is 0 Å². The van der Waals surface area contributed by atoms with Gasteiger partial charge in [-0.2, -0.15) is 0 Å². The van der Waals surface area contributed by atoms with Crippen LogP contribution in [-0.2, 0) is 4.74 Å². The monoisotopic (exact) mass is 195 g/mol. The third-order valence-corrected chi connectivity index (χ3v) is 4.81. The van der Waals surface area contributed by atoms with Crippen molar-refractivity contribution in [3.8, 4) is 0 Å². The zero-order chi connectivity index (χ0) is 9.60. The Morgan fingerprint density at radius 2 is 2.00 bits per heavy atom. The summed E-state index contributed by atoms with van der Waals surface area (Å²) in [5.41, 5.74) is 0.591. The molecule has 1 aliphatic carbocycles. The van der Waals surface area contributed by atoms with E-state index >= 15 is 0 Å².